The van der Waals surface area contributed by atoms with E-state index < -0.39 is 0 Å². The zero-order valence-corrected chi connectivity index (χ0v) is 24.0. The number of piperidine rings is 3. The number of hydrogen-bond donors (Lipinski definition) is 3. The molecular formula is C33H35FN8O. The van der Waals surface area contributed by atoms with E-state index in [-0.39, 0.29) is 17.4 Å². The Kier molecular flexibility index (Phi) is 6.60. The molecule has 3 aromatic heterocycles. The predicted octanol–water partition coefficient (Wildman–Crippen LogP) is 4.43. The Bertz CT molecular complexity index is 1800. The molecule has 5 aromatic rings. The van der Waals surface area contributed by atoms with Gasteiger partial charge in [0.15, 0.2) is 0 Å². The van der Waals surface area contributed by atoms with Crippen molar-refractivity contribution in [2.45, 2.75) is 25.4 Å². The quantitative estimate of drug-likeness (QED) is 0.274. The van der Waals surface area contributed by atoms with Crippen molar-refractivity contribution in [3.63, 3.8) is 0 Å². The Morgan fingerprint density at radius 3 is 2.47 bits per heavy atom. The summed E-state index contributed by atoms with van der Waals surface area (Å²) in [5, 5.41) is 4.42. The number of H-pyrrole nitrogens is 2. The number of anilines is 2. The molecule has 10 heteroatoms. The Labute approximate surface area is 248 Å². The second-order valence-electron chi connectivity index (χ2n) is 12.2. The number of imidazole rings is 1. The monoisotopic (exact) mass is 578 g/mol. The topological polar surface area (TPSA) is 96.2 Å². The van der Waals surface area contributed by atoms with E-state index in [0.29, 0.717) is 52.7 Å². The number of rotatable bonds is 6. The van der Waals surface area contributed by atoms with Gasteiger partial charge in [-0.05, 0) is 73.8 Å². The van der Waals surface area contributed by atoms with Gasteiger partial charge in [0.1, 0.15) is 17.2 Å². The van der Waals surface area contributed by atoms with Gasteiger partial charge in [0.2, 0.25) is 0 Å². The van der Waals surface area contributed by atoms with E-state index in [1.165, 1.54) is 5.56 Å². The van der Waals surface area contributed by atoms with E-state index in [2.05, 4.69) is 35.0 Å². The van der Waals surface area contributed by atoms with E-state index in [0.717, 1.165) is 63.1 Å². The van der Waals surface area contributed by atoms with Gasteiger partial charge in [-0.2, -0.15) is 0 Å². The SMILES string of the molecule is O=c1[nH]c2cc(N3CCN(Cc4ccncc4)CC3)c(F)cc2c(N[C@H]2CN3CCC2CC3)c1-c1nc2ccccc2[nH]1. The molecule has 4 aliphatic heterocycles. The Hall–Kier alpha value is -4.28. The summed E-state index contributed by atoms with van der Waals surface area (Å²) < 4.78 is 16.0. The number of aromatic amines is 2. The third-order valence-electron chi connectivity index (χ3n) is 9.56. The number of benzene rings is 2. The maximum Gasteiger partial charge on any atom is 0.261 e. The first-order chi connectivity index (χ1) is 21.1. The number of para-hydroxylation sites is 2. The van der Waals surface area contributed by atoms with Crippen molar-refractivity contribution < 1.29 is 4.39 Å². The first kappa shape index (κ1) is 26.4. The lowest BCUT2D eigenvalue weighted by Crippen LogP contribution is -2.53. The summed E-state index contributed by atoms with van der Waals surface area (Å²) in [6, 6.07) is 15.4. The molecule has 0 aliphatic carbocycles. The first-order valence-corrected chi connectivity index (χ1v) is 15.3. The van der Waals surface area contributed by atoms with Crippen molar-refractivity contribution in [3.05, 3.63) is 82.7 Å². The lowest BCUT2D eigenvalue weighted by Gasteiger charge is -2.45. The number of aromatic nitrogens is 4. The van der Waals surface area contributed by atoms with Crippen LogP contribution in [0.1, 0.15) is 18.4 Å². The summed E-state index contributed by atoms with van der Waals surface area (Å²) >= 11 is 0. The summed E-state index contributed by atoms with van der Waals surface area (Å²) in [5.41, 5.74) is 4.87. The van der Waals surface area contributed by atoms with Crippen LogP contribution < -0.4 is 15.8 Å². The maximum atomic E-state index is 16.0. The van der Waals surface area contributed by atoms with Crippen molar-refractivity contribution >= 4 is 33.3 Å². The van der Waals surface area contributed by atoms with Gasteiger partial charge in [0, 0.05) is 63.1 Å². The van der Waals surface area contributed by atoms with Crippen molar-refractivity contribution in [1.82, 2.24) is 29.7 Å². The van der Waals surface area contributed by atoms with E-state index in [1.54, 1.807) is 6.07 Å². The fourth-order valence-electron chi connectivity index (χ4n) is 7.20. The molecule has 0 amide bonds. The highest BCUT2D eigenvalue weighted by Crippen LogP contribution is 2.37. The van der Waals surface area contributed by atoms with Gasteiger partial charge < -0.3 is 25.1 Å². The highest BCUT2D eigenvalue weighted by molar-refractivity contribution is 6.00. The molecule has 2 aromatic carbocycles. The van der Waals surface area contributed by atoms with Gasteiger partial charge in [-0.1, -0.05) is 12.1 Å². The summed E-state index contributed by atoms with van der Waals surface area (Å²) in [6.45, 7) is 7.07. The van der Waals surface area contributed by atoms with Crippen LogP contribution in [0.25, 0.3) is 33.3 Å². The molecule has 4 aliphatic rings. The van der Waals surface area contributed by atoms with Crippen LogP contribution in [0.3, 0.4) is 0 Å². The molecule has 1 atom stereocenters. The molecule has 4 fully saturated rings. The summed E-state index contributed by atoms with van der Waals surface area (Å²) in [4.78, 5) is 36.1. The lowest BCUT2D eigenvalue weighted by molar-refractivity contribution is 0.0976. The third kappa shape index (κ3) is 4.94. The van der Waals surface area contributed by atoms with Gasteiger partial charge in [-0.3, -0.25) is 14.7 Å². The minimum absolute atomic E-state index is 0.187. The zero-order chi connectivity index (χ0) is 28.9. The zero-order valence-electron chi connectivity index (χ0n) is 24.0. The fraction of sp³-hybridized carbons (Fsp3) is 0.364. The molecular weight excluding hydrogens is 543 g/mol. The standard InChI is InChI=1S/C33H35FN8O/c34-24-17-23-27(18-29(24)42-15-13-41(14-16-42)19-21-5-9-35-10-6-21)39-33(43)30(32-37-25-3-1-2-4-26(25)38-32)31(23)36-28-20-40-11-7-22(28)8-12-40/h1-6,9-10,17-18,22,28H,7-8,11-16,19-20H2,(H,37,38)(H2,36,39,43)/t28-/m0/s1. The summed E-state index contributed by atoms with van der Waals surface area (Å²) in [6.07, 6.45) is 5.89. The molecule has 220 valence electrons. The number of piperazine rings is 1. The summed E-state index contributed by atoms with van der Waals surface area (Å²) in [7, 11) is 0. The van der Waals surface area contributed by atoms with E-state index in [4.69, 9.17) is 4.98 Å². The molecule has 0 unspecified atom stereocenters. The van der Waals surface area contributed by atoms with Gasteiger partial charge in [0.25, 0.3) is 5.56 Å². The van der Waals surface area contributed by atoms with Crippen molar-refractivity contribution in [2.24, 2.45) is 5.92 Å². The second-order valence-corrected chi connectivity index (χ2v) is 12.2. The molecule has 0 saturated carbocycles. The number of nitrogens with one attached hydrogen (secondary N) is 3. The van der Waals surface area contributed by atoms with Crippen LogP contribution in [0, 0.1) is 11.7 Å². The highest BCUT2D eigenvalue weighted by Gasteiger charge is 2.35. The second kappa shape index (κ2) is 10.8. The van der Waals surface area contributed by atoms with Crippen LogP contribution in [-0.4, -0.2) is 81.6 Å². The van der Waals surface area contributed by atoms with Crippen LogP contribution in [0.15, 0.2) is 65.7 Å². The number of pyridine rings is 2. The number of hydrogen-bond acceptors (Lipinski definition) is 7. The fourth-order valence-corrected chi connectivity index (χ4v) is 7.20. The van der Waals surface area contributed by atoms with Crippen LogP contribution in [0.2, 0.25) is 0 Å². The molecule has 7 heterocycles. The molecule has 3 N–H and O–H groups in total. The van der Waals surface area contributed by atoms with Crippen molar-refractivity contribution in [1.29, 1.82) is 0 Å². The van der Waals surface area contributed by atoms with Crippen LogP contribution in [-0.2, 0) is 6.54 Å². The largest absolute Gasteiger partial charge is 0.379 e. The Balaban J connectivity index is 1.16. The van der Waals surface area contributed by atoms with E-state index in [1.807, 2.05) is 54.9 Å². The minimum Gasteiger partial charge on any atom is -0.379 e. The van der Waals surface area contributed by atoms with Crippen molar-refractivity contribution in [3.8, 4) is 11.4 Å². The van der Waals surface area contributed by atoms with Crippen LogP contribution in [0.4, 0.5) is 15.8 Å². The summed E-state index contributed by atoms with van der Waals surface area (Å²) in [5.74, 6) is 0.730. The molecule has 2 bridgehead atoms. The van der Waals surface area contributed by atoms with Crippen LogP contribution in [0.5, 0.6) is 0 Å². The number of halogens is 1. The molecule has 4 saturated heterocycles. The molecule has 0 radical (unpaired) electrons. The van der Waals surface area contributed by atoms with E-state index >= 15 is 4.39 Å². The first-order valence-electron chi connectivity index (χ1n) is 15.3. The third-order valence-corrected chi connectivity index (χ3v) is 9.56. The average molecular weight is 579 g/mol. The Morgan fingerprint density at radius 1 is 0.930 bits per heavy atom. The lowest BCUT2D eigenvalue weighted by atomic mass is 9.83. The minimum atomic E-state index is -0.283. The maximum absolute atomic E-state index is 16.0. The van der Waals surface area contributed by atoms with Gasteiger partial charge >= 0.3 is 0 Å². The molecule has 9 nitrogen and oxygen atoms in total. The normalized spacial score (nSPS) is 22.4. The highest BCUT2D eigenvalue weighted by atomic mass is 19.1. The van der Waals surface area contributed by atoms with Crippen molar-refractivity contribution in [2.75, 3.05) is 56.0 Å². The number of fused-ring (bicyclic) bond motifs is 5. The van der Waals surface area contributed by atoms with Gasteiger partial charge in [-0.15, -0.1) is 0 Å². The molecule has 9 rings (SSSR count). The van der Waals surface area contributed by atoms with Gasteiger partial charge in [-0.25, -0.2) is 9.37 Å². The van der Waals surface area contributed by atoms with Crippen LogP contribution >= 0.6 is 0 Å². The number of nitrogens with zero attached hydrogens (tertiary/aromatic N) is 5. The molecule has 43 heavy (non-hydrogen) atoms. The molecule has 0 spiro atoms. The average Bonchev–Trinajstić information content (AvgIpc) is 3.46. The van der Waals surface area contributed by atoms with E-state index in [9.17, 15) is 4.79 Å². The predicted molar refractivity (Wildman–Crippen MR) is 168 cm³/mol. The smallest absolute Gasteiger partial charge is 0.261 e. The van der Waals surface area contributed by atoms with Gasteiger partial charge in [0.05, 0.1) is 27.9 Å². The Morgan fingerprint density at radius 2 is 1.72 bits per heavy atom.